The maximum atomic E-state index is 8.22. The van der Waals surface area contributed by atoms with E-state index in [-0.39, 0.29) is 0 Å². The van der Waals surface area contributed by atoms with Crippen LogP contribution in [0.3, 0.4) is 0 Å². The molecule has 154 valence electrons. The molecule has 0 fully saturated rings. The monoisotopic (exact) mass is 387 g/mol. The summed E-state index contributed by atoms with van der Waals surface area (Å²) < 4.78 is 0. The molecule has 0 aliphatic carbocycles. The molecule has 0 heterocycles. The Morgan fingerprint density at radius 2 is 1.07 bits per heavy atom. The van der Waals surface area contributed by atoms with Crippen LogP contribution in [0.2, 0.25) is 0 Å². The summed E-state index contributed by atoms with van der Waals surface area (Å²) in [6.07, 6.45) is 17.6. The van der Waals surface area contributed by atoms with Crippen molar-refractivity contribution in [3.63, 3.8) is 0 Å². The number of unbranched alkanes of at least 4 members (excludes halogenated alkanes) is 8. The molecule has 2 rings (SSSR count). The SMILES string of the molecule is C=Cc1ccc(CCCCCCCCCCCC(=N)c2ccc(C=C)cc2)cc1. The summed E-state index contributed by atoms with van der Waals surface area (Å²) in [5.74, 6) is 0. The average Bonchev–Trinajstić information content (AvgIpc) is 2.77. The van der Waals surface area contributed by atoms with Crippen LogP contribution >= 0.6 is 0 Å². The normalized spacial score (nSPS) is 10.6. The van der Waals surface area contributed by atoms with Gasteiger partial charge in [0.1, 0.15) is 0 Å². The summed E-state index contributed by atoms with van der Waals surface area (Å²) in [4.78, 5) is 0. The molecule has 0 aliphatic rings. The van der Waals surface area contributed by atoms with Gasteiger partial charge in [-0.05, 0) is 47.9 Å². The van der Waals surface area contributed by atoms with Crippen LogP contribution in [0.15, 0.2) is 61.7 Å². The van der Waals surface area contributed by atoms with Gasteiger partial charge in [-0.2, -0.15) is 0 Å². The number of nitrogens with one attached hydrogen (secondary N) is 1. The van der Waals surface area contributed by atoms with Crippen LogP contribution < -0.4 is 0 Å². The van der Waals surface area contributed by atoms with Gasteiger partial charge in [-0.1, -0.05) is 119 Å². The zero-order valence-electron chi connectivity index (χ0n) is 18.0. The zero-order chi connectivity index (χ0) is 20.7. The minimum Gasteiger partial charge on any atom is -0.305 e. The highest BCUT2D eigenvalue weighted by Gasteiger charge is 2.01. The van der Waals surface area contributed by atoms with Gasteiger partial charge >= 0.3 is 0 Å². The van der Waals surface area contributed by atoms with Crippen molar-refractivity contribution >= 4 is 17.9 Å². The standard InChI is InChI=1S/C28H37N/c1-3-24-16-18-26(19-17-24)14-12-10-8-6-5-7-9-11-13-15-28(29)27-22-20-25(4-2)21-23-27/h3-4,16-23,29H,1-2,5-15H2. The van der Waals surface area contributed by atoms with E-state index >= 15 is 0 Å². The number of hydrogen-bond acceptors (Lipinski definition) is 1. The number of benzene rings is 2. The lowest BCUT2D eigenvalue weighted by Crippen LogP contribution is -1.98. The largest absolute Gasteiger partial charge is 0.305 e. The molecule has 0 atom stereocenters. The second-order valence-electron chi connectivity index (χ2n) is 7.93. The molecule has 0 amide bonds. The molecule has 1 nitrogen and oxygen atoms in total. The van der Waals surface area contributed by atoms with Crippen molar-refractivity contribution in [1.82, 2.24) is 0 Å². The van der Waals surface area contributed by atoms with Crippen molar-refractivity contribution in [3.05, 3.63) is 83.9 Å². The van der Waals surface area contributed by atoms with E-state index in [9.17, 15) is 0 Å². The third-order valence-corrected chi connectivity index (χ3v) is 5.60. The summed E-state index contributed by atoms with van der Waals surface area (Å²) in [5.41, 5.74) is 5.57. The minimum atomic E-state index is 0.764. The van der Waals surface area contributed by atoms with Gasteiger partial charge in [0, 0.05) is 5.71 Å². The number of hydrogen-bond donors (Lipinski definition) is 1. The van der Waals surface area contributed by atoms with E-state index in [1.165, 1.54) is 68.9 Å². The Morgan fingerprint density at radius 1 is 0.621 bits per heavy atom. The van der Waals surface area contributed by atoms with E-state index in [2.05, 4.69) is 37.4 Å². The molecule has 0 saturated carbocycles. The quantitative estimate of drug-likeness (QED) is 0.234. The van der Waals surface area contributed by atoms with Crippen molar-refractivity contribution in [2.75, 3.05) is 0 Å². The lowest BCUT2D eigenvalue weighted by Gasteiger charge is -2.06. The Morgan fingerprint density at radius 3 is 1.59 bits per heavy atom. The summed E-state index contributed by atoms with van der Waals surface area (Å²) in [6.45, 7) is 7.57. The highest BCUT2D eigenvalue weighted by atomic mass is 14.4. The van der Waals surface area contributed by atoms with Crippen molar-refractivity contribution < 1.29 is 0 Å². The van der Waals surface area contributed by atoms with Gasteiger partial charge in [0.05, 0.1) is 0 Å². The van der Waals surface area contributed by atoms with Crippen molar-refractivity contribution in [3.8, 4) is 0 Å². The lowest BCUT2D eigenvalue weighted by atomic mass is 10.0. The molecule has 0 bridgehead atoms. The average molecular weight is 388 g/mol. The second kappa shape index (κ2) is 13.7. The lowest BCUT2D eigenvalue weighted by molar-refractivity contribution is 0.561. The topological polar surface area (TPSA) is 23.9 Å². The molecule has 0 spiro atoms. The number of rotatable bonds is 15. The second-order valence-corrected chi connectivity index (χ2v) is 7.93. The Bertz CT molecular complexity index is 737. The third-order valence-electron chi connectivity index (χ3n) is 5.60. The molecule has 2 aromatic carbocycles. The van der Waals surface area contributed by atoms with Gasteiger partial charge < -0.3 is 5.41 Å². The fourth-order valence-electron chi connectivity index (χ4n) is 3.65. The summed E-state index contributed by atoms with van der Waals surface area (Å²) in [7, 11) is 0. The summed E-state index contributed by atoms with van der Waals surface area (Å²) in [6, 6.07) is 16.9. The molecule has 1 heteroatoms. The Kier molecular flexibility index (Phi) is 10.8. The van der Waals surface area contributed by atoms with Gasteiger partial charge in [-0.25, -0.2) is 0 Å². The van der Waals surface area contributed by atoms with Gasteiger partial charge in [0.2, 0.25) is 0 Å². The van der Waals surface area contributed by atoms with E-state index in [1.54, 1.807) is 0 Å². The first-order valence-corrected chi connectivity index (χ1v) is 11.2. The van der Waals surface area contributed by atoms with Gasteiger partial charge in [-0.15, -0.1) is 0 Å². The van der Waals surface area contributed by atoms with Crippen molar-refractivity contribution in [2.45, 2.75) is 70.6 Å². The first-order chi connectivity index (χ1) is 14.2. The molecule has 1 N–H and O–H groups in total. The van der Waals surface area contributed by atoms with Crippen LogP contribution in [0.5, 0.6) is 0 Å². The van der Waals surface area contributed by atoms with Crippen LogP contribution in [0.4, 0.5) is 0 Å². The van der Waals surface area contributed by atoms with Crippen molar-refractivity contribution in [1.29, 1.82) is 5.41 Å². The first-order valence-electron chi connectivity index (χ1n) is 11.2. The first kappa shape index (κ1) is 22.9. The van der Waals surface area contributed by atoms with E-state index in [4.69, 9.17) is 5.41 Å². The molecule has 29 heavy (non-hydrogen) atoms. The molecule has 0 radical (unpaired) electrons. The Balaban J connectivity index is 1.42. The predicted molar refractivity (Wildman–Crippen MR) is 130 cm³/mol. The zero-order valence-corrected chi connectivity index (χ0v) is 18.0. The van der Waals surface area contributed by atoms with Crippen LogP contribution in [0.25, 0.3) is 12.2 Å². The predicted octanol–water partition coefficient (Wildman–Crippen LogP) is 8.48. The molecular formula is C28H37N. The summed E-state index contributed by atoms with van der Waals surface area (Å²) in [5, 5.41) is 8.22. The van der Waals surface area contributed by atoms with Crippen LogP contribution in [0.1, 0.15) is 86.5 Å². The Labute approximate surface area is 178 Å². The van der Waals surface area contributed by atoms with Crippen molar-refractivity contribution in [2.24, 2.45) is 0 Å². The van der Waals surface area contributed by atoms with Crippen LogP contribution in [0, 0.1) is 5.41 Å². The van der Waals surface area contributed by atoms with Gasteiger partial charge in [-0.3, -0.25) is 0 Å². The van der Waals surface area contributed by atoms with E-state index < -0.39 is 0 Å². The third kappa shape index (κ3) is 9.09. The summed E-state index contributed by atoms with van der Waals surface area (Å²) >= 11 is 0. The number of aryl methyl sites for hydroxylation is 1. The minimum absolute atomic E-state index is 0.764. The van der Waals surface area contributed by atoms with Crippen LogP contribution in [-0.4, -0.2) is 5.71 Å². The molecule has 0 aromatic heterocycles. The molecule has 0 saturated heterocycles. The molecule has 0 aliphatic heterocycles. The van der Waals surface area contributed by atoms with E-state index in [0.717, 1.165) is 29.7 Å². The molecule has 2 aromatic rings. The highest BCUT2D eigenvalue weighted by molar-refractivity contribution is 5.98. The van der Waals surface area contributed by atoms with E-state index in [1.807, 2.05) is 36.4 Å². The van der Waals surface area contributed by atoms with Gasteiger partial charge in [0.25, 0.3) is 0 Å². The fraction of sp³-hybridized carbons (Fsp3) is 0.393. The maximum Gasteiger partial charge on any atom is 0.0386 e. The highest BCUT2D eigenvalue weighted by Crippen LogP contribution is 2.15. The van der Waals surface area contributed by atoms with Gasteiger partial charge in [0.15, 0.2) is 0 Å². The maximum absolute atomic E-state index is 8.22. The smallest absolute Gasteiger partial charge is 0.0386 e. The fourth-order valence-corrected chi connectivity index (χ4v) is 3.65. The Hall–Kier alpha value is -2.41. The molecule has 0 unspecified atom stereocenters. The van der Waals surface area contributed by atoms with E-state index in [0.29, 0.717) is 0 Å². The van der Waals surface area contributed by atoms with Crippen LogP contribution in [-0.2, 0) is 6.42 Å². The molecular weight excluding hydrogens is 350 g/mol.